The lowest BCUT2D eigenvalue weighted by Gasteiger charge is -2.31. The molecule has 0 unspecified atom stereocenters. The molecule has 0 atom stereocenters. The average molecular weight is 271 g/mol. The second-order valence-corrected chi connectivity index (χ2v) is 6.14. The van der Waals surface area contributed by atoms with Crippen LogP contribution in [0.4, 0.5) is 0 Å². The number of hydrogen-bond donors (Lipinski definition) is 1. The summed E-state index contributed by atoms with van der Waals surface area (Å²) in [5.41, 5.74) is 2.19. The summed E-state index contributed by atoms with van der Waals surface area (Å²) in [5.74, 6) is 0.0744. The highest BCUT2D eigenvalue weighted by Gasteiger charge is 2.33. The summed E-state index contributed by atoms with van der Waals surface area (Å²) in [4.78, 5) is 16.3. The summed E-state index contributed by atoms with van der Waals surface area (Å²) in [6.45, 7) is 6.19. The topological polar surface area (TPSA) is 49.7 Å². The molecule has 0 bridgehead atoms. The first-order chi connectivity index (χ1) is 9.39. The molecule has 1 aromatic carbocycles. The van der Waals surface area contributed by atoms with Crippen LogP contribution >= 0.6 is 0 Å². The van der Waals surface area contributed by atoms with Crippen LogP contribution < -0.4 is 0 Å². The van der Waals surface area contributed by atoms with Crippen molar-refractivity contribution < 1.29 is 9.90 Å². The summed E-state index contributed by atoms with van der Waals surface area (Å²) >= 11 is 0. The van der Waals surface area contributed by atoms with Crippen molar-refractivity contribution in [1.29, 1.82) is 0 Å². The van der Waals surface area contributed by atoms with Gasteiger partial charge in [0.25, 0.3) is 0 Å². The summed E-state index contributed by atoms with van der Waals surface area (Å²) in [6, 6.07) is 9.93. The molecule has 0 heterocycles. The molecule has 0 aromatic heterocycles. The van der Waals surface area contributed by atoms with Gasteiger partial charge in [-0.3, -0.25) is 9.79 Å². The van der Waals surface area contributed by atoms with E-state index in [1.165, 1.54) is 6.92 Å². The average Bonchev–Trinajstić information content (AvgIpc) is 2.35. The lowest BCUT2D eigenvalue weighted by atomic mass is 9.75. The molecule has 1 aromatic rings. The molecule has 1 N–H and O–H groups in total. The van der Waals surface area contributed by atoms with Crippen LogP contribution in [0.5, 0.6) is 0 Å². The Hall–Kier alpha value is -1.90. The van der Waals surface area contributed by atoms with Crippen molar-refractivity contribution in [3.05, 3.63) is 47.2 Å². The highest BCUT2D eigenvalue weighted by Crippen LogP contribution is 2.36. The zero-order valence-corrected chi connectivity index (χ0v) is 12.3. The fourth-order valence-corrected chi connectivity index (χ4v) is 2.62. The zero-order valence-electron chi connectivity index (χ0n) is 12.3. The molecule has 1 aliphatic rings. The van der Waals surface area contributed by atoms with Gasteiger partial charge < -0.3 is 5.11 Å². The maximum absolute atomic E-state index is 11.7. The Morgan fingerprint density at radius 1 is 1.25 bits per heavy atom. The molecular weight excluding hydrogens is 250 g/mol. The molecule has 0 saturated carbocycles. The van der Waals surface area contributed by atoms with E-state index in [1.54, 1.807) is 0 Å². The van der Waals surface area contributed by atoms with Crippen molar-refractivity contribution in [3.63, 3.8) is 0 Å². The van der Waals surface area contributed by atoms with Crippen molar-refractivity contribution in [2.75, 3.05) is 0 Å². The summed E-state index contributed by atoms with van der Waals surface area (Å²) < 4.78 is 0. The van der Waals surface area contributed by atoms with Crippen LogP contribution in [0.3, 0.4) is 0 Å². The maximum Gasteiger partial charge on any atom is 0.164 e. The largest absolute Gasteiger partial charge is 0.511 e. The van der Waals surface area contributed by atoms with Gasteiger partial charge in [-0.1, -0.05) is 44.2 Å². The Morgan fingerprint density at radius 3 is 2.50 bits per heavy atom. The smallest absolute Gasteiger partial charge is 0.164 e. The molecule has 3 nitrogen and oxygen atoms in total. The molecule has 1 aliphatic carbocycles. The van der Waals surface area contributed by atoms with Gasteiger partial charge in [-0.05, 0) is 24.3 Å². The predicted molar refractivity (Wildman–Crippen MR) is 80.9 cm³/mol. The lowest BCUT2D eigenvalue weighted by molar-refractivity contribution is -0.113. The Kier molecular flexibility index (Phi) is 4.07. The van der Waals surface area contributed by atoms with Gasteiger partial charge in [-0.15, -0.1) is 0 Å². The van der Waals surface area contributed by atoms with Crippen molar-refractivity contribution in [1.82, 2.24) is 0 Å². The van der Waals surface area contributed by atoms with E-state index in [2.05, 4.69) is 18.8 Å². The van der Waals surface area contributed by atoms with E-state index in [0.29, 0.717) is 18.5 Å². The number of aliphatic hydroxyl groups is 1. The van der Waals surface area contributed by atoms with Crippen LogP contribution in [0.25, 0.3) is 0 Å². The van der Waals surface area contributed by atoms with Gasteiger partial charge in [0, 0.05) is 12.1 Å². The fraction of sp³-hybridized carbons (Fsp3) is 0.412. The zero-order chi connectivity index (χ0) is 14.8. The van der Waals surface area contributed by atoms with Crippen molar-refractivity contribution in [2.45, 2.75) is 40.2 Å². The molecule has 106 valence electrons. The normalized spacial score (nSPS) is 20.2. The summed E-state index contributed by atoms with van der Waals surface area (Å²) in [6.07, 6.45) is 1.26. The van der Waals surface area contributed by atoms with Gasteiger partial charge in [-0.2, -0.15) is 0 Å². The third-order valence-electron chi connectivity index (χ3n) is 3.52. The van der Waals surface area contributed by atoms with Crippen LogP contribution in [-0.2, 0) is 11.3 Å². The van der Waals surface area contributed by atoms with Crippen LogP contribution in [0.2, 0.25) is 0 Å². The molecule has 0 saturated heterocycles. The van der Waals surface area contributed by atoms with E-state index < -0.39 is 0 Å². The molecule has 0 radical (unpaired) electrons. The van der Waals surface area contributed by atoms with E-state index in [9.17, 15) is 9.90 Å². The first kappa shape index (κ1) is 14.5. The molecule has 0 fully saturated rings. The highest BCUT2D eigenvalue weighted by atomic mass is 16.3. The van der Waals surface area contributed by atoms with E-state index >= 15 is 0 Å². The number of aliphatic hydroxyl groups excluding tert-OH is 1. The fourth-order valence-electron chi connectivity index (χ4n) is 2.62. The van der Waals surface area contributed by atoms with Gasteiger partial charge in [0.15, 0.2) is 5.78 Å². The van der Waals surface area contributed by atoms with Crippen LogP contribution in [0.1, 0.15) is 39.2 Å². The molecule has 2 rings (SSSR count). The first-order valence-corrected chi connectivity index (χ1v) is 6.90. The van der Waals surface area contributed by atoms with Crippen LogP contribution in [0, 0.1) is 5.41 Å². The van der Waals surface area contributed by atoms with E-state index in [-0.39, 0.29) is 17.0 Å². The van der Waals surface area contributed by atoms with Crippen LogP contribution in [-0.4, -0.2) is 16.6 Å². The SMILES string of the molecule is CC(=O)C1=C(O)CC(C)(C)CC1=NCc1ccccc1. The number of Topliss-reactive ketones (excluding diaryl/α,β-unsaturated/α-hetero) is 1. The molecular formula is C17H21NO2. The van der Waals surface area contributed by atoms with Gasteiger partial charge in [0.1, 0.15) is 5.76 Å². The van der Waals surface area contributed by atoms with Gasteiger partial charge in [0.2, 0.25) is 0 Å². The number of allylic oxidation sites excluding steroid dienone is 2. The highest BCUT2D eigenvalue weighted by molar-refractivity contribution is 6.22. The Morgan fingerprint density at radius 2 is 1.90 bits per heavy atom. The number of nitrogens with zero attached hydrogens (tertiary/aromatic N) is 1. The van der Waals surface area contributed by atoms with Crippen LogP contribution in [0.15, 0.2) is 46.7 Å². The van der Waals surface area contributed by atoms with Crippen molar-refractivity contribution >= 4 is 11.5 Å². The number of carbonyl (C=O) groups excluding carboxylic acids is 1. The van der Waals surface area contributed by atoms with Crippen molar-refractivity contribution in [3.8, 4) is 0 Å². The number of aliphatic imine (C=N–C) groups is 1. The number of benzene rings is 1. The third kappa shape index (κ3) is 3.35. The second kappa shape index (κ2) is 5.61. The lowest BCUT2D eigenvalue weighted by Crippen LogP contribution is -2.28. The second-order valence-electron chi connectivity index (χ2n) is 6.14. The minimum atomic E-state index is -0.107. The Balaban J connectivity index is 2.31. The number of rotatable bonds is 3. The first-order valence-electron chi connectivity index (χ1n) is 6.90. The number of carbonyl (C=O) groups is 1. The third-order valence-corrected chi connectivity index (χ3v) is 3.52. The number of hydrogen-bond acceptors (Lipinski definition) is 3. The van der Waals surface area contributed by atoms with E-state index in [1.807, 2.05) is 30.3 Å². The van der Waals surface area contributed by atoms with Crippen molar-refractivity contribution in [2.24, 2.45) is 10.4 Å². The monoisotopic (exact) mass is 271 g/mol. The summed E-state index contributed by atoms with van der Waals surface area (Å²) in [7, 11) is 0. The molecule has 0 aliphatic heterocycles. The van der Waals surface area contributed by atoms with E-state index in [4.69, 9.17) is 0 Å². The Bertz CT molecular complexity index is 568. The minimum absolute atomic E-state index is 0.0570. The summed E-state index contributed by atoms with van der Waals surface area (Å²) in [5, 5.41) is 10.1. The molecule has 20 heavy (non-hydrogen) atoms. The predicted octanol–water partition coefficient (Wildman–Crippen LogP) is 3.85. The molecule has 0 amide bonds. The maximum atomic E-state index is 11.7. The standard InChI is InChI=1S/C17H21NO2/c1-12(19)16-14(9-17(2,3)10-15(16)20)18-11-13-7-5-4-6-8-13/h4-8,20H,9-11H2,1-3H3. The minimum Gasteiger partial charge on any atom is -0.511 e. The van der Waals surface area contributed by atoms with E-state index in [0.717, 1.165) is 17.7 Å². The number of ketones is 1. The van der Waals surface area contributed by atoms with Gasteiger partial charge in [-0.25, -0.2) is 0 Å². The van der Waals surface area contributed by atoms with Gasteiger partial charge in [0.05, 0.1) is 12.1 Å². The molecule has 3 heteroatoms. The molecule has 0 spiro atoms. The Labute approximate surface area is 120 Å². The van der Waals surface area contributed by atoms with Gasteiger partial charge >= 0.3 is 0 Å². The quantitative estimate of drug-likeness (QED) is 0.907.